The predicted octanol–water partition coefficient (Wildman–Crippen LogP) is 4.75. The molecule has 1 saturated heterocycles. The molecule has 3 rings (SSSR count). The summed E-state index contributed by atoms with van der Waals surface area (Å²) in [7, 11) is 0. The Hall–Kier alpha value is -1.76. The molecule has 7 heteroatoms. The summed E-state index contributed by atoms with van der Waals surface area (Å²) < 4.78 is 45.7. The second-order valence-corrected chi connectivity index (χ2v) is 6.84. The molecule has 0 spiro atoms. The van der Waals surface area contributed by atoms with Crippen LogP contribution in [0.3, 0.4) is 0 Å². The molecule has 1 heterocycles. The van der Waals surface area contributed by atoms with Gasteiger partial charge in [0, 0.05) is 26.2 Å². The molecule has 1 unspecified atom stereocenters. The zero-order valence-electron chi connectivity index (χ0n) is 15.0. The molecule has 0 saturated carbocycles. The highest BCUT2D eigenvalue weighted by atomic mass is 35.5. The third kappa shape index (κ3) is 4.75. The highest BCUT2D eigenvalue weighted by Crippen LogP contribution is 2.39. The van der Waals surface area contributed by atoms with Gasteiger partial charge in [-0.1, -0.05) is 29.8 Å². The Morgan fingerprint density at radius 3 is 2.48 bits per heavy atom. The molecule has 1 aliphatic rings. The number of alkyl halides is 3. The van der Waals surface area contributed by atoms with Gasteiger partial charge in [0.15, 0.2) is 0 Å². The molecule has 1 fully saturated rings. The van der Waals surface area contributed by atoms with E-state index in [1.165, 1.54) is 12.1 Å². The van der Waals surface area contributed by atoms with Gasteiger partial charge in [0.05, 0.1) is 23.2 Å². The van der Waals surface area contributed by atoms with E-state index in [9.17, 15) is 13.2 Å². The summed E-state index contributed by atoms with van der Waals surface area (Å²) in [5.74, 6) is 0.708. The summed E-state index contributed by atoms with van der Waals surface area (Å²) in [6.45, 7) is 5.50. The number of benzene rings is 2. The Kier molecular flexibility index (Phi) is 6.29. The second-order valence-electron chi connectivity index (χ2n) is 6.43. The van der Waals surface area contributed by atoms with Gasteiger partial charge in [0.25, 0.3) is 0 Å². The maximum absolute atomic E-state index is 13.4. The van der Waals surface area contributed by atoms with Gasteiger partial charge >= 0.3 is 6.18 Å². The van der Waals surface area contributed by atoms with Crippen molar-refractivity contribution >= 4 is 11.6 Å². The van der Waals surface area contributed by atoms with Gasteiger partial charge in [0.2, 0.25) is 0 Å². The van der Waals surface area contributed by atoms with Crippen molar-refractivity contribution in [2.45, 2.75) is 19.1 Å². The van der Waals surface area contributed by atoms with Gasteiger partial charge in [-0.25, -0.2) is 0 Å². The molecule has 0 aliphatic carbocycles. The molecule has 2 aromatic rings. The van der Waals surface area contributed by atoms with E-state index in [0.29, 0.717) is 17.9 Å². The van der Waals surface area contributed by atoms with Gasteiger partial charge in [-0.15, -0.1) is 0 Å². The van der Waals surface area contributed by atoms with E-state index in [1.807, 2.05) is 31.2 Å². The van der Waals surface area contributed by atoms with Crippen LogP contribution < -0.4 is 10.1 Å². The molecular formula is C20H22ClF3N2O. The molecule has 3 nitrogen and oxygen atoms in total. The molecule has 1 N–H and O–H groups in total. The third-order valence-corrected chi connectivity index (χ3v) is 4.94. The van der Waals surface area contributed by atoms with Crippen LogP contribution in [0, 0.1) is 0 Å². The Balaban J connectivity index is 2.06. The number of hydrogen-bond donors (Lipinski definition) is 1. The topological polar surface area (TPSA) is 24.5 Å². The van der Waals surface area contributed by atoms with Crippen LogP contribution in [0.4, 0.5) is 13.2 Å². The number of halogens is 4. The first-order chi connectivity index (χ1) is 12.9. The molecular weight excluding hydrogens is 377 g/mol. The summed E-state index contributed by atoms with van der Waals surface area (Å²) in [4.78, 5) is 2.19. The van der Waals surface area contributed by atoms with Gasteiger partial charge in [-0.2, -0.15) is 13.2 Å². The average molecular weight is 399 g/mol. The van der Waals surface area contributed by atoms with Gasteiger partial charge in [-0.05, 0) is 42.3 Å². The normalized spacial score (nSPS) is 16.9. The molecule has 0 amide bonds. The van der Waals surface area contributed by atoms with E-state index in [1.54, 1.807) is 6.07 Å². The molecule has 1 atom stereocenters. The second kappa shape index (κ2) is 8.50. The van der Waals surface area contributed by atoms with Crippen LogP contribution in [0.25, 0.3) is 0 Å². The third-order valence-electron chi connectivity index (χ3n) is 4.61. The molecule has 0 bridgehead atoms. The van der Waals surface area contributed by atoms with Crippen LogP contribution in [0.15, 0.2) is 42.5 Å². The summed E-state index contributed by atoms with van der Waals surface area (Å²) in [6, 6.07) is 11.4. The summed E-state index contributed by atoms with van der Waals surface area (Å²) in [5, 5.41) is 3.00. The minimum absolute atomic E-state index is 0.284. The van der Waals surface area contributed by atoms with Crippen molar-refractivity contribution < 1.29 is 17.9 Å². The maximum atomic E-state index is 13.4. The molecule has 1 aliphatic heterocycles. The maximum Gasteiger partial charge on any atom is 0.417 e. The van der Waals surface area contributed by atoms with E-state index in [2.05, 4.69) is 10.2 Å². The van der Waals surface area contributed by atoms with Crippen molar-refractivity contribution in [3.63, 3.8) is 0 Å². The highest BCUT2D eigenvalue weighted by Gasteiger charge is 2.35. The van der Waals surface area contributed by atoms with Crippen molar-refractivity contribution in [3.05, 3.63) is 64.2 Å². The highest BCUT2D eigenvalue weighted by molar-refractivity contribution is 6.31. The van der Waals surface area contributed by atoms with Crippen LogP contribution >= 0.6 is 11.6 Å². The lowest BCUT2D eigenvalue weighted by Crippen LogP contribution is -2.45. The lowest BCUT2D eigenvalue weighted by molar-refractivity contribution is -0.137. The fraction of sp³-hybridized carbons (Fsp3) is 0.400. The van der Waals surface area contributed by atoms with Gasteiger partial charge in [0.1, 0.15) is 5.75 Å². The van der Waals surface area contributed by atoms with Crippen LogP contribution in [0.1, 0.15) is 29.7 Å². The Bertz CT molecular complexity index is 776. The minimum Gasteiger partial charge on any atom is -0.494 e. The summed E-state index contributed by atoms with van der Waals surface area (Å²) >= 11 is 5.82. The fourth-order valence-corrected chi connectivity index (χ4v) is 3.65. The Morgan fingerprint density at radius 1 is 1.11 bits per heavy atom. The first kappa shape index (κ1) is 20.0. The van der Waals surface area contributed by atoms with Crippen molar-refractivity contribution in [2.24, 2.45) is 0 Å². The van der Waals surface area contributed by atoms with E-state index in [0.717, 1.165) is 31.7 Å². The number of rotatable bonds is 5. The van der Waals surface area contributed by atoms with E-state index in [-0.39, 0.29) is 11.1 Å². The smallest absolute Gasteiger partial charge is 0.417 e. The predicted molar refractivity (Wildman–Crippen MR) is 100 cm³/mol. The lowest BCUT2D eigenvalue weighted by atomic mass is 9.94. The minimum atomic E-state index is -4.49. The zero-order valence-corrected chi connectivity index (χ0v) is 15.8. The quantitative estimate of drug-likeness (QED) is 0.786. The van der Waals surface area contributed by atoms with Crippen molar-refractivity contribution in [1.29, 1.82) is 0 Å². The van der Waals surface area contributed by atoms with Gasteiger partial charge in [-0.3, -0.25) is 4.90 Å². The first-order valence-electron chi connectivity index (χ1n) is 8.94. The molecule has 2 aromatic carbocycles. The van der Waals surface area contributed by atoms with Crippen LogP contribution in [-0.2, 0) is 6.18 Å². The van der Waals surface area contributed by atoms with Crippen LogP contribution in [0.5, 0.6) is 5.75 Å². The lowest BCUT2D eigenvalue weighted by Gasteiger charge is -2.36. The number of piperazine rings is 1. The summed E-state index contributed by atoms with van der Waals surface area (Å²) in [6.07, 6.45) is -4.49. The Morgan fingerprint density at radius 2 is 1.81 bits per heavy atom. The monoisotopic (exact) mass is 398 g/mol. The SMILES string of the molecule is CCOc1cccc(C(c2ccc(Cl)c(C(F)(F)F)c2)N2CCNCC2)c1. The largest absolute Gasteiger partial charge is 0.494 e. The van der Waals surface area contributed by atoms with Gasteiger partial charge < -0.3 is 10.1 Å². The molecule has 146 valence electrons. The number of hydrogen-bond acceptors (Lipinski definition) is 3. The van der Waals surface area contributed by atoms with E-state index >= 15 is 0 Å². The molecule has 0 aromatic heterocycles. The van der Waals surface area contributed by atoms with Crippen LogP contribution in [0.2, 0.25) is 5.02 Å². The molecule has 0 radical (unpaired) electrons. The van der Waals surface area contributed by atoms with E-state index in [4.69, 9.17) is 16.3 Å². The zero-order chi connectivity index (χ0) is 19.4. The summed E-state index contributed by atoms with van der Waals surface area (Å²) in [5.41, 5.74) is 0.670. The van der Waals surface area contributed by atoms with Crippen LogP contribution in [-0.4, -0.2) is 37.7 Å². The number of nitrogens with zero attached hydrogens (tertiary/aromatic N) is 1. The van der Waals surface area contributed by atoms with Crippen molar-refractivity contribution in [3.8, 4) is 5.75 Å². The first-order valence-corrected chi connectivity index (χ1v) is 9.32. The van der Waals surface area contributed by atoms with Crippen molar-refractivity contribution in [1.82, 2.24) is 10.2 Å². The molecule has 27 heavy (non-hydrogen) atoms. The standard InChI is InChI=1S/C20H22ClF3N2O/c1-2-27-16-5-3-4-14(12-16)19(26-10-8-25-9-11-26)15-6-7-18(21)17(13-15)20(22,23)24/h3-7,12-13,19,25H,2,8-11H2,1H3. The Labute approximate surface area is 162 Å². The number of nitrogens with one attached hydrogen (secondary N) is 1. The fourth-order valence-electron chi connectivity index (χ4n) is 3.43. The van der Waals surface area contributed by atoms with E-state index < -0.39 is 11.7 Å². The number of ether oxygens (including phenoxy) is 1. The van der Waals surface area contributed by atoms with Crippen molar-refractivity contribution in [2.75, 3.05) is 32.8 Å². The average Bonchev–Trinajstić information content (AvgIpc) is 2.64.